The Kier molecular flexibility index (Phi) is 5.99. The van der Waals surface area contributed by atoms with E-state index in [0.29, 0.717) is 28.8 Å². The second-order valence-corrected chi connectivity index (χ2v) is 8.34. The van der Waals surface area contributed by atoms with Crippen molar-refractivity contribution in [2.24, 2.45) is 0 Å². The van der Waals surface area contributed by atoms with Gasteiger partial charge in [0.25, 0.3) is 0 Å². The first-order valence-electron chi connectivity index (χ1n) is 9.18. The van der Waals surface area contributed by atoms with E-state index >= 15 is 0 Å². The van der Waals surface area contributed by atoms with Crippen LogP contribution in [0.25, 0.3) is 6.08 Å². The first kappa shape index (κ1) is 21.0. The zero-order valence-electron chi connectivity index (χ0n) is 15.9. The van der Waals surface area contributed by atoms with Crippen molar-refractivity contribution < 1.29 is 17.8 Å². The summed E-state index contributed by atoms with van der Waals surface area (Å²) < 4.78 is 42.0. The van der Waals surface area contributed by atoms with Crippen LogP contribution in [0.3, 0.4) is 0 Å². The van der Waals surface area contributed by atoms with Gasteiger partial charge in [-0.25, -0.2) is 13.0 Å². The van der Waals surface area contributed by atoms with E-state index in [1.165, 1.54) is 36.4 Å². The number of hydrogen-bond acceptors (Lipinski definition) is 2. The normalized spacial score (nSPS) is 16.3. The summed E-state index contributed by atoms with van der Waals surface area (Å²) in [6.45, 7) is 0. The third-order valence-electron chi connectivity index (χ3n) is 4.57. The zero-order chi connectivity index (χ0) is 22.0. The van der Waals surface area contributed by atoms with Gasteiger partial charge >= 0.3 is 0 Å². The molecule has 3 nitrogen and oxygen atoms in total. The SMILES string of the molecule is O=C1/C(=C/c2ccc(Cl)c(F)c2)S(=O)Nc2ccc(C#CCc3ccc(F)cc3)cc21. The summed E-state index contributed by atoms with van der Waals surface area (Å²) in [5.41, 5.74) is 2.63. The van der Waals surface area contributed by atoms with Gasteiger partial charge < -0.3 is 4.72 Å². The minimum atomic E-state index is -1.78. The largest absolute Gasteiger partial charge is 0.300 e. The lowest BCUT2D eigenvalue weighted by Crippen LogP contribution is -2.22. The topological polar surface area (TPSA) is 46.2 Å². The molecule has 0 aliphatic carbocycles. The van der Waals surface area contributed by atoms with Crippen LogP contribution in [0, 0.1) is 23.5 Å². The van der Waals surface area contributed by atoms with E-state index in [4.69, 9.17) is 11.6 Å². The fourth-order valence-corrected chi connectivity index (χ4v) is 4.12. The molecule has 1 unspecified atom stereocenters. The Morgan fingerprint density at radius 3 is 2.55 bits per heavy atom. The van der Waals surface area contributed by atoms with Crippen LogP contribution in [0.1, 0.15) is 27.0 Å². The van der Waals surface area contributed by atoms with Crippen LogP contribution < -0.4 is 4.72 Å². The van der Waals surface area contributed by atoms with Crippen LogP contribution in [0.2, 0.25) is 5.02 Å². The number of allylic oxidation sites excluding steroid dienone is 1. The number of fused-ring (bicyclic) bond motifs is 1. The van der Waals surface area contributed by atoms with Crippen molar-refractivity contribution in [1.82, 2.24) is 0 Å². The maximum Gasteiger partial charge on any atom is 0.205 e. The predicted octanol–water partition coefficient (Wildman–Crippen LogP) is 5.53. The number of nitrogens with one attached hydrogen (secondary N) is 1. The van der Waals surface area contributed by atoms with Gasteiger partial charge in [0.1, 0.15) is 16.5 Å². The first-order chi connectivity index (χ1) is 14.9. The molecular formula is C24H14ClF2NO2S. The summed E-state index contributed by atoms with van der Waals surface area (Å²) in [4.78, 5) is 13.0. The number of carbonyl (C=O) groups is 1. The van der Waals surface area contributed by atoms with Crippen molar-refractivity contribution in [2.45, 2.75) is 6.42 Å². The molecule has 3 aromatic carbocycles. The van der Waals surface area contributed by atoms with Crippen molar-refractivity contribution in [3.63, 3.8) is 0 Å². The smallest absolute Gasteiger partial charge is 0.205 e. The zero-order valence-corrected chi connectivity index (χ0v) is 17.5. The van der Waals surface area contributed by atoms with E-state index in [2.05, 4.69) is 16.6 Å². The lowest BCUT2D eigenvalue weighted by atomic mass is 10.0. The van der Waals surface area contributed by atoms with Gasteiger partial charge in [0.05, 0.1) is 10.7 Å². The number of ketones is 1. The molecule has 1 heterocycles. The Hall–Kier alpha value is -3.27. The standard InChI is InChI=1S/C24H14ClF2NO2S/c25-20-10-6-17(13-21(20)27)14-23-24(29)19-12-16(7-11-22(19)28-31(23)30)3-1-2-15-4-8-18(26)9-5-15/h4-14,28H,2H2/b23-14-. The van der Waals surface area contributed by atoms with E-state index in [9.17, 15) is 17.8 Å². The van der Waals surface area contributed by atoms with E-state index in [1.54, 1.807) is 30.3 Å². The molecule has 7 heteroatoms. The molecule has 4 rings (SSSR count). The van der Waals surface area contributed by atoms with E-state index in [1.807, 2.05) is 0 Å². The average Bonchev–Trinajstić information content (AvgIpc) is 2.75. The molecule has 31 heavy (non-hydrogen) atoms. The molecule has 0 aromatic heterocycles. The molecule has 0 fully saturated rings. The fourth-order valence-electron chi connectivity index (χ4n) is 2.99. The van der Waals surface area contributed by atoms with Gasteiger partial charge in [0.2, 0.25) is 5.78 Å². The Morgan fingerprint density at radius 1 is 1.03 bits per heavy atom. The fraction of sp³-hybridized carbons (Fsp3) is 0.0417. The van der Waals surface area contributed by atoms with Crippen LogP contribution in [-0.2, 0) is 17.4 Å². The molecule has 0 radical (unpaired) electrons. The monoisotopic (exact) mass is 453 g/mol. The number of anilines is 1. The van der Waals surface area contributed by atoms with Crippen molar-refractivity contribution in [2.75, 3.05) is 4.72 Å². The molecule has 154 valence electrons. The van der Waals surface area contributed by atoms with Crippen molar-refractivity contribution in [3.8, 4) is 11.8 Å². The summed E-state index contributed by atoms with van der Waals surface area (Å²) in [7, 11) is -1.78. The molecular weight excluding hydrogens is 440 g/mol. The molecule has 0 spiro atoms. The molecule has 0 amide bonds. The highest BCUT2D eigenvalue weighted by Gasteiger charge is 2.27. The molecule has 1 aliphatic heterocycles. The Morgan fingerprint density at radius 2 is 1.81 bits per heavy atom. The summed E-state index contributed by atoms with van der Waals surface area (Å²) >= 11 is 5.69. The van der Waals surface area contributed by atoms with Gasteiger partial charge in [-0.3, -0.25) is 4.79 Å². The number of carbonyl (C=O) groups excluding carboxylic acids is 1. The summed E-state index contributed by atoms with van der Waals surface area (Å²) in [5.74, 6) is 4.62. The molecule has 3 aromatic rings. The first-order valence-corrected chi connectivity index (χ1v) is 10.7. The van der Waals surface area contributed by atoms with Gasteiger partial charge in [-0.15, -0.1) is 0 Å². The summed E-state index contributed by atoms with van der Waals surface area (Å²) in [6.07, 6.45) is 1.81. The number of hydrogen-bond donors (Lipinski definition) is 1. The quantitative estimate of drug-likeness (QED) is 0.410. The van der Waals surface area contributed by atoms with Crippen LogP contribution in [0.5, 0.6) is 0 Å². The second-order valence-electron chi connectivity index (χ2n) is 6.75. The third kappa shape index (κ3) is 4.74. The van der Waals surface area contributed by atoms with Crippen molar-refractivity contribution in [1.29, 1.82) is 0 Å². The lowest BCUT2D eigenvalue weighted by molar-refractivity contribution is 0.104. The molecule has 0 bridgehead atoms. The molecule has 1 atom stereocenters. The van der Waals surface area contributed by atoms with Crippen LogP contribution in [-0.4, -0.2) is 9.99 Å². The number of benzene rings is 3. The minimum absolute atomic E-state index is 0.00523. The van der Waals surface area contributed by atoms with Gasteiger partial charge in [-0.1, -0.05) is 41.6 Å². The molecule has 1 N–H and O–H groups in total. The van der Waals surface area contributed by atoms with Gasteiger partial charge in [0, 0.05) is 17.5 Å². The van der Waals surface area contributed by atoms with Gasteiger partial charge in [0.15, 0.2) is 11.0 Å². The van der Waals surface area contributed by atoms with E-state index in [-0.39, 0.29) is 15.7 Å². The highest BCUT2D eigenvalue weighted by atomic mass is 35.5. The summed E-state index contributed by atoms with van der Waals surface area (Å²) in [6, 6.07) is 15.1. The molecule has 1 aliphatic rings. The van der Waals surface area contributed by atoms with E-state index in [0.717, 1.165) is 5.56 Å². The van der Waals surface area contributed by atoms with E-state index < -0.39 is 22.6 Å². The Labute approximate surface area is 185 Å². The highest BCUT2D eigenvalue weighted by molar-refractivity contribution is 7.91. The predicted molar refractivity (Wildman–Crippen MR) is 119 cm³/mol. The highest BCUT2D eigenvalue weighted by Crippen LogP contribution is 2.30. The van der Waals surface area contributed by atoms with Crippen LogP contribution in [0.15, 0.2) is 65.6 Å². The van der Waals surface area contributed by atoms with Crippen LogP contribution in [0.4, 0.5) is 14.5 Å². The summed E-state index contributed by atoms with van der Waals surface area (Å²) in [5, 5.41) is -0.0365. The maximum absolute atomic E-state index is 13.7. The minimum Gasteiger partial charge on any atom is -0.300 e. The molecule has 0 saturated heterocycles. The Bertz CT molecular complexity index is 1310. The van der Waals surface area contributed by atoms with Gasteiger partial charge in [-0.05, 0) is 59.7 Å². The average molecular weight is 454 g/mol. The second kappa shape index (κ2) is 8.84. The number of rotatable bonds is 2. The molecule has 0 saturated carbocycles. The number of halogens is 3. The van der Waals surface area contributed by atoms with Crippen molar-refractivity contribution in [3.05, 3.63) is 104 Å². The number of Topliss-reactive ketones (excluding diaryl/α,β-unsaturated/α-hetero) is 1. The maximum atomic E-state index is 13.7. The van der Waals surface area contributed by atoms with Crippen molar-refractivity contribution >= 4 is 40.1 Å². The third-order valence-corrected chi connectivity index (χ3v) is 5.98. The lowest BCUT2D eigenvalue weighted by Gasteiger charge is -2.19. The Balaban J connectivity index is 1.60. The van der Waals surface area contributed by atoms with Gasteiger partial charge in [-0.2, -0.15) is 0 Å². The van der Waals surface area contributed by atoms with Crippen LogP contribution >= 0.6 is 11.6 Å².